The summed E-state index contributed by atoms with van der Waals surface area (Å²) in [6, 6.07) is 1.47. The standard InChI is InChI=1S/C11H21N3O2/c12-11(15)8-16-6-4-13-9-3-5-14(7-9)10-1-2-10/h9-10,13H,1-8H2,(H2,12,15). The molecule has 5 heteroatoms. The lowest BCUT2D eigenvalue weighted by atomic mass is 10.3. The van der Waals surface area contributed by atoms with E-state index in [2.05, 4.69) is 10.2 Å². The number of carbonyl (C=O) groups excluding carboxylic acids is 1. The summed E-state index contributed by atoms with van der Waals surface area (Å²) >= 11 is 0. The SMILES string of the molecule is NC(=O)COCCNC1CCN(C2CC2)C1. The van der Waals surface area contributed by atoms with Crippen molar-refractivity contribution in [3.63, 3.8) is 0 Å². The van der Waals surface area contributed by atoms with Crippen molar-refractivity contribution in [2.75, 3.05) is 32.8 Å². The Balaban J connectivity index is 1.49. The summed E-state index contributed by atoms with van der Waals surface area (Å²) in [5.41, 5.74) is 4.96. The first-order valence-electron chi connectivity index (χ1n) is 6.09. The van der Waals surface area contributed by atoms with Crippen molar-refractivity contribution in [3.05, 3.63) is 0 Å². The molecule has 1 saturated heterocycles. The monoisotopic (exact) mass is 227 g/mol. The first-order chi connectivity index (χ1) is 7.75. The molecule has 2 aliphatic rings. The lowest BCUT2D eigenvalue weighted by Gasteiger charge is -2.15. The van der Waals surface area contributed by atoms with Crippen molar-refractivity contribution in [3.8, 4) is 0 Å². The molecule has 1 atom stereocenters. The second-order valence-electron chi connectivity index (χ2n) is 4.68. The van der Waals surface area contributed by atoms with E-state index >= 15 is 0 Å². The van der Waals surface area contributed by atoms with Crippen molar-refractivity contribution < 1.29 is 9.53 Å². The minimum atomic E-state index is -0.402. The van der Waals surface area contributed by atoms with Gasteiger partial charge < -0.3 is 15.8 Å². The molecule has 1 aliphatic carbocycles. The fourth-order valence-electron chi connectivity index (χ4n) is 2.23. The van der Waals surface area contributed by atoms with E-state index in [0.29, 0.717) is 12.6 Å². The van der Waals surface area contributed by atoms with E-state index in [0.717, 1.165) is 12.6 Å². The number of nitrogens with one attached hydrogen (secondary N) is 1. The average Bonchev–Trinajstić information content (AvgIpc) is 2.99. The summed E-state index contributed by atoms with van der Waals surface area (Å²) in [5.74, 6) is -0.402. The van der Waals surface area contributed by atoms with Crippen molar-refractivity contribution >= 4 is 5.91 Å². The van der Waals surface area contributed by atoms with Gasteiger partial charge in [-0.1, -0.05) is 0 Å². The Kier molecular flexibility index (Phi) is 4.15. The van der Waals surface area contributed by atoms with Gasteiger partial charge in [0.05, 0.1) is 6.61 Å². The molecule has 0 aromatic rings. The van der Waals surface area contributed by atoms with E-state index in [-0.39, 0.29) is 6.61 Å². The number of ether oxygens (including phenoxy) is 1. The second-order valence-corrected chi connectivity index (χ2v) is 4.68. The Labute approximate surface area is 96.3 Å². The molecule has 1 unspecified atom stereocenters. The summed E-state index contributed by atoms with van der Waals surface area (Å²) in [7, 11) is 0. The third-order valence-electron chi connectivity index (χ3n) is 3.21. The first-order valence-corrected chi connectivity index (χ1v) is 6.09. The minimum absolute atomic E-state index is 0.0283. The molecule has 3 N–H and O–H groups in total. The molecule has 1 saturated carbocycles. The molecule has 1 heterocycles. The van der Waals surface area contributed by atoms with Crippen LogP contribution in [0.4, 0.5) is 0 Å². The maximum absolute atomic E-state index is 10.4. The number of carbonyl (C=O) groups is 1. The molecule has 0 spiro atoms. The van der Waals surface area contributed by atoms with Crippen molar-refractivity contribution in [1.29, 1.82) is 0 Å². The van der Waals surface area contributed by atoms with Crippen LogP contribution >= 0.6 is 0 Å². The van der Waals surface area contributed by atoms with Crippen molar-refractivity contribution in [2.24, 2.45) is 5.73 Å². The predicted molar refractivity (Wildman–Crippen MR) is 61.0 cm³/mol. The maximum atomic E-state index is 10.4. The maximum Gasteiger partial charge on any atom is 0.243 e. The number of likely N-dealkylation sites (tertiary alicyclic amines) is 1. The van der Waals surface area contributed by atoms with Gasteiger partial charge in [-0.25, -0.2) is 0 Å². The third kappa shape index (κ3) is 3.73. The Morgan fingerprint density at radius 1 is 1.44 bits per heavy atom. The van der Waals surface area contributed by atoms with E-state index in [4.69, 9.17) is 10.5 Å². The van der Waals surface area contributed by atoms with Crippen LogP contribution < -0.4 is 11.1 Å². The van der Waals surface area contributed by atoms with E-state index < -0.39 is 5.91 Å². The number of nitrogens with zero attached hydrogens (tertiary/aromatic N) is 1. The van der Waals surface area contributed by atoms with Crippen LogP contribution in [0.15, 0.2) is 0 Å². The lowest BCUT2D eigenvalue weighted by Crippen LogP contribution is -2.35. The molecule has 16 heavy (non-hydrogen) atoms. The average molecular weight is 227 g/mol. The van der Waals surface area contributed by atoms with E-state index in [1.54, 1.807) is 0 Å². The number of hydrogen-bond donors (Lipinski definition) is 2. The molecule has 0 aromatic heterocycles. The topological polar surface area (TPSA) is 67.6 Å². The Bertz CT molecular complexity index is 243. The van der Waals surface area contributed by atoms with Crippen LogP contribution in [0, 0.1) is 0 Å². The van der Waals surface area contributed by atoms with E-state index in [1.165, 1.54) is 32.4 Å². The zero-order valence-electron chi connectivity index (χ0n) is 9.65. The fraction of sp³-hybridized carbons (Fsp3) is 0.909. The van der Waals surface area contributed by atoms with Crippen LogP contribution in [0.3, 0.4) is 0 Å². The molecular formula is C11H21N3O2. The molecule has 92 valence electrons. The van der Waals surface area contributed by atoms with Gasteiger partial charge in [-0.05, 0) is 19.3 Å². The molecule has 0 radical (unpaired) electrons. The van der Waals surface area contributed by atoms with Gasteiger partial charge in [-0.2, -0.15) is 0 Å². The summed E-state index contributed by atoms with van der Waals surface area (Å²) in [4.78, 5) is 13.0. The zero-order valence-corrected chi connectivity index (χ0v) is 9.65. The number of rotatable bonds is 7. The second kappa shape index (κ2) is 5.61. The molecule has 0 aromatic carbocycles. The summed E-state index contributed by atoms with van der Waals surface area (Å²) in [6.07, 6.45) is 4.00. The van der Waals surface area contributed by atoms with Gasteiger partial charge in [-0.15, -0.1) is 0 Å². The molecule has 5 nitrogen and oxygen atoms in total. The molecular weight excluding hydrogens is 206 g/mol. The number of primary amides is 1. The molecule has 2 fully saturated rings. The third-order valence-corrected chi connectivity index (χ3v) is 3.21. The summed E-state index contributed by atoms with van der Waals surface area (Å²) < 4.78 is 5.09. The molecule has 0 bridgehead atoms. The highest BCUT2D eigenvalue weighted by Gasteiger charge is 2.33. The van der Waals surface area contributed by atoms with Gasteiger partial charge in [0, 0.05) is 31.7 Å². The van der Waals surface area contributed by atoms with Gasteiger partial charge in [0.2, 0.25) is 5.91 Å². The van der Waals surface area contributed by atoms with Crippen LogP contribution in [0.1, 0.15) is 19.3 Å². The smallest absolute Gasteiger partial charge is 0.243 e. The number of hydrogen-bond acceptors (Lipinski definition) is 4. The number of amides is 1. The highest BCUT2D eigenvalue weighted by molar-refractivity contribution is 5.74. The normalized spacial score (nSPS) is 26.1. The predicted octanol–water partition coefficient (Wildman–Crippen LogP) is -0.685. The fourth-order valence-corrected chi connectivity index (χ4v) is 2.23. The van der Waals surface area contributed by atoms with Gasteiger partial charge in [-0.3, -0.25) is 9.69 Å². The highest BCUT2D eigenvalue weighted by atomic mass is 16.5. The lowest BCUT2D eigenvalue weighted by molar-refractivity contribution is -0.122. The quantitative estimate of drug-likeness (QED) is 0.565. The molecule has 1 amide bonds. The summed E-state index contributed by atoms with van der Waals surface area (Å²) in [5, 5.41) is 3.45. The van der Waals surface area contributed by atoms with Crippen LogP contribution in [-0.2, 0) is 9.53 Å². The van der Waals surface area contributed by atoms with Crippen molar-refractivity contribution in [1.82, 2.24) is 10.2 Å². The minimum Gasteiger partial charge on any atom is -0.370 e. The largest absolute Gasteiger partial charge is 0.370 e. The van der Waals surface area contributed by atoms with Crippen LogP contribution in [0.2, 0.25) is 0 Å². The summed E-state index contributed by atoms with van der Waals surface area (Å²) in [6.45, 7) is 3.78. The van der Waals surface area contributed by atoms with Gasteiger partial charge in [0.25, 0.3) is 0 Å². The molecule has 1 aliphatic heterocycles. The Morgan fingerprint density at radius 3 is 2.94 bits per heavy atom. The number of nitrogens with two attached hydrogens (primary N) is 1. The van der Waals surface area contributed by atoms with Crippen LogP contribution in [0.5, 0.6) is 0 Å². The van der Waals surface area contributed by atoms with Crippen molar-refractivity contribution in [2.45, 2.75) is 31.3 Å². The first kappa shape index (κ1) is 11.8. The van der Waals surface area contributed by atoms with Gasteiger partial charge in [0.1, 0.15) is 6.61 Å². The highest BCUT2D eigenvalue weighted by Crippen LogP contribution is 2.29. The zero-order chi connectivity index (χ0) is 11.4. The van der Waals surface area contributed by atoms with Gasteiger partial charge in [0.15, 0.2) is 0 Å². The molecule has 2 rings (SSSR count). The van der Waals surface area contributed by atoms with Crippen LogP contribution in [-0.4, -0.2) is 55.7 Å². The Morgan fingerprint density at radius 2 is 2.25 bits per heavy atom. The van der Waals surface area contributed by atoms with E-state index in [1.807, 2.05) is 0 Å². The van der Waals surface area contributed by atoms with Crippen LogP contribution in [0.25, 0.3) is 0 Å². The van der Waals surface area contributed by atoms with Gasteiger partial charge >= 0.3 is 0 Å². The van der Waals surface area contributed by atoms with E-state index in [9.17, 15) is 4.79 Å². The Hall–Kier alpha value is -0.650.